The van der Waals surface area contributed by atoms with E-state index in [1.807, 2.05) is 36.2 Å². The van der Waals surface area contributed by atoms with E-state index in [9.17, 15) is 9.90 Å². The maximum absolute atomic E-state index is 12.1. The maximum atomic E-state index is 12.1. The van der Waals surface area contributed by atoms with Gasteiger partial charge < -0.3 is 19.5 Å². The molecule has 2 saturated heterocycles. The fourth-order valence-electron chi connectivity index (χ4n) is 3.79. The summed E-state index contributed by atoms with van der Waals surface area (Å²) >= 11 is 1.89. The van der Waals surface area contributed by atoms with Gasteiger partial charge in [0.1, 0.15) is 0 Å². The zero-order valence-corrected chi connectivity index (χ0v) is 17.0. The highest BCUT2D eigenvalue weighted by atomic mass is 32.2. The molecule has 0 saturated carbocycles. The van der Waals surface area contributed by atoms with E-state index in [1.54, 1.807) is 6.20 Å². The number of anilines is 3. The van der Waals surface area contributed by atoms with Gasteiger partial charge in [0.25, 0.3) is 0 Å². The van der Waals surface area contributed by atoms with Crippen molar-refractivity contribution in [3.63, 3.8) is 0 Å². The molecule has 9 nitrogen and oxygen atoms in total. The van der Waals surface area contributed by atoms with Gasteiger partial charge in [0.2, 0.25) is 11.9 Å². The summed E-state index contributed by atoms with van der Waals surface area (Å²) in [7, 11) is 2.12. The normalized spacial score (nSPS) is 18.2. The highest BCUT2D eigenvalue weighted by molar-refractivity contribution is 8.00. The van der Waals surface area contributed by atoms with E-state index in [-0.39, 0.29) is 5.95 Å². The Morgan fingerprint density at radius 1 is 1.21 bits per heavy atom. The number of likely N-dealkylation sites (N-methyl/N-ethyl adjacent to an activating group) is 1. The van der Waals surface area contributed by atoms with E-state index in [1.165, 1.54) is 4.57 Å². The molecule has 152 valence electrons. The summed E-state index contributed by atoms with van der Waals surface area (Å²) in [5.41, 5.74) is 2.24. The van der Waals surface area contributed by atoms with Crippen molar-refractivity contribution in [2.45, 2.75) is 6.04 Å². The molecule has 0 aliphatic carbocycles. The minimum absolute atomic E-state index is 0.266. The highest BCUT2D eigenvalue weighted by Crippen LogP contribution is 2.33. The van der Waals surface area contributed by atoms with Crippen LogP contribution in [0.2, 0.25) is 0 Å². The summed E-state index contributed by atoms with van der Waals surface area (Å²) in [5.74, 6) is 2.96. The van der Waals surface area contributed by atoms with Gasteiger partial charge in [-0.1, -0.05) is 0 Å². The molecule has 2 N–H and O–H groups in total. The Hall–Kier alpha value is -2.72. The summed E-state index contributed by atoms with van der Waals surface area (Å²) in [4.78, 5) is 25.6. The number of fused-ring (bicyclic) bond motifs is 1. The molecular weight excluding hydrogens is 390 g/mol. The molecule has 2 aliphatic heterocycles. The van der Waals surface area contributed by atoms with Crippen LogP contribution in [0, 0.1) is 0 Å². The summed E-state index contributed by atoms with van der Waals surface area (Å²) in [6, 6.07) is 6.21. The standard InChI is InChI=1S/C19H23N7O2S/c1-23-6-8-24(9-7-23)13-2-3-15-16(10-13)26(19(27)28)18(21-15)22-17-20-4-5-25(17)14-11-29-12-14/h2-5,10,14H,6-9,11-12H2,1H3,(H,27,28)(H,20,21,22). The average molecular weight is 414 g/mol. The van der Waals surface area contributed by atoms with Crippen LogP contribution in [0.25, 0.3) is 11.0 Å². The van der Waals surface area contributed by atoms with Crippen LogP contribution in [0.5, 0.6) is 0 Å². The number of rotatable bonds is 4. The zero-order chi connectivity index (χ0) is 20.0. The molecule has 0 bridgehead atoms. The molecular formula is C19H23N7O2S. The number of thioether (sulfide) groups is 1. The number of hydrogen-bond acceptors (Lipinski definition) is 7. The molecule has 0 spiro atoms. The van der Waals surface area contributed by atoms with Crippen molar-refractivity contribution in [1.82, 2.24) is 24.0 Å². The van der Waals surface area contributed by atoms with Gasteiger partial charge in [0, 0.05) is 55.8 Å². The van der Waals surface area contributed by atoms with E-state index in [0.29, 0.717) is 23.0 Å². The first-order valence-electron chi connectivity index (χ1n) is 9.67. The highest BCUT2D eigenvalue weighted by Gasteiger charge is 2.24. The Morgan fingerprint density at radius 3 is 2.69 bits per heavy atom. The molecule has 3 aromatic rings. The summed E-state index contributed by atoms with van der Waals surface area (Å²) in [5, 5.41) is 13.0. The SMILES string of the molecule is CN1CCN(c2ccc3nc(Nc4nccn4C4CSC4)n(C(=O)O)c3c2)CC1. The fourth-order valence-corrected chi connectivity index (χ4v) is 4.56. The quantitative estimate of drug-likeness (QED) is 0.674. The predicted octanol–water partition coefficient (Wildman–Crippen LogP) is 2.54. The first kappa shape index (κ1) is 18.3. The van der Waals surface area contributed by atoms with Crippen LogP contribution in [0.1, 0.15) is 6.04 Å². The second-order valence-corrected chi connectivity index (χ2v) is 8.57. The van der Waals surface area contributed by atoms with Crippen LogP contribution < -0.4 is 10.2 Å². The lowest BCUT2D eigenvalue weighted by atomic mass is 10.2. The zero-order valence-electron chi connectivity index (χ0n) is 16.2. The van der Waals surface area contributed by atoms with E-state index >= 15 is 0 Å². The van der Waals surface area contributed by atoms with Crippen molar-refractivity contribution in [3.8, 4) is 0 Å². The average Bonchev–Trinajstić information content (AvgIpc) is 3.25. The van der Waals surface area contributed by atoms with Crippen LogP contribution in [0.15, 0.2) is 30.6 Å². The van der Waals surface area contributed by atoms with Crippen molar-refractivity contribution in [1.29, 1.82) is 0 Å². The summed E-state index contributed by atoms with van der Waals surface area (Å²) < 4.78 is 3.27. The van der Waals surface area contributed by atoms with Crippen molar-refractivity contribution < 1.29 is 9.90 Å². The first-order chi connectivity index (χ1) is 14.1. The molecule has 1 aromatic carbocycles. The van der Waals surface area contributed by atoms with Gasteiger partial charge in [-0.15, -0.1) is 0 Å². The molecule has 29 heavy (non-hydrogen) atoms. The summed E-state index contributed by atoms with van der Waals surface area (Å²) in [6.45, 7) is 3.83. The predicted molar refractivity (Wildman–Crippen MR) is 115 cm³/mol. The van der Waals surface area contributed by atoms with Crippen LogP contribution in [0.3, 0.4) is 0 Å². The van der Waals surface area contributed by atoms with Crippen LogP contribution in [-0.4, -0.2) is 79.9 Å². The molecule has 4 heterocycles. The van der Waals surface area contributed by atoms with Crippen LogP contribution >= 0.6 is 11.8 Å². The number of carbonyl (C=O) groups is 1. The number of benzene rings is 1. The largest absolute Gasteiger partial charge is 0.464 e. The van der Waals surface area contributed by atoms with Gasteiger partial charge in [-0.25, -0.2) is 19.3 Å². The minimum atomic E-state index is -1.07. The third-order valence-electron chi connectivity index (χ3n) is 5.60. The first-order valence-corrected chi connectivity index (χ1v) is 10.8. The minimum Gasteiger partial charge on any atom is -0.464 e. The lowest BCUT2D eigenvalue weighted by Crippen LogP contribution is -2.44. The number of carboxylic acid groups (broad SMARTS) is 1. The topological polar surface area (TPSA) is 91.5 Å². The van der Waals surface area contributed by atoms with Crippen molar-refractivity contribution in [3.05, 3.63) is 30.6 Å². The Morgan fingerprint density at radius 2 is 2.00 bits per heavy atom. The number of nitrogens with zero attached hydrogens (tertiary/aromatic N) is 6. The van der Waals surface area contributed by atoms with Gasteiger partial charge in [0.15, 0.2) is 0 Å². The van der Waals surface area contributed by atoms with Gasteiger partial charge in [0.05, 0.1) is 17.1 Å². The third-order valence-corrected chi connectivity index (χ3v) is 6.84. The Kier molecular flexibility index (Phi) is 4.59. The van der Waals surface area contributed by atoms with E-state index in [0.717, 1.165) is 43.4 Å². The fraction of sp³-hybridized carbons (Fsp3) is 0.421. The van der Waals surface area contributed by atoms with Crippen molar-refractivity contribution in [2.75, 3.05) is 54.9 Å². The molecule has 0 radical (unpaired) electrons. The van der Waals surface area contributed by atoms with E-state index in [2.05, 4.69) is 36.7 Å². The Balaban J connectivity index is 1.50. The summed E-state index contributed by atoms with van der Waals surface area (Å²) in [6.07, 6.45) is 2.58. The maximum Gasteiger partial charge on any atom is 0.418 e. The molecule has 2 aliphatic rings. The number of piperazine rings is 1. The van der Waals surface area contributed by atoms with E-state index < -0.39 is 6.09 Å². The van der Waals surface area contributed by atoms with Crippen LogP contribution in [-0.2, 0) is 0 Å². The molecule has 2 aromatic heterocycles. The number of nitrogens with one attached hydrogen (secondary N) is 1. The van der Waals surface area contributed by atoms with Gasteiger partial charge in [-0.05, 0) is 25.2 Å². The molecule has 2 fully saturated rings. The second-order valence-electron chi connectivity index (χ2n) is 7.49. The lowest BCUT2D eigenvalue weighted by Gasteiger charge is -2.34. The Labute approximate surface area is 172 Å². The van der Waals surface area contributed by atoms with E-state index in [4.69, 9.17) is 0 Å². The van der Waals surface area contributed by atoms with Gasteiger partial charge >= 0.3 is 6.09 Å². The van der Waals surface area contributed by atoms with Gasteiger partial charge in [-0.2, -0.15) is 11.8 Å². The number of imidazole rings is 2. The van der Waals surface area contributed by atoms with Gasteiger partial charge in [-0.3, -0.25) is 5.32 Å². The van der Waals surface area contributed by atoms with Crippen molar-refractivity contribution >= 4 is 46.5 Å². The van der Waals surface area contributed by atoms with Crippen molar-refractivity contribution in [2.24, 2.45) is 0 Å². The third kappa shape index (κ3) is 3.32. The lowest BCUT2D eigenvalue weighted by molar-refractivity contribution is 0.198. The molecule has 10 heteroatoms. The smallest absolute Gasteiger partial charge is 0.418 e. The number of hydrogen-bond donors (Lipinski definition) is 2. The van der Waals surface area contributed by atoms with Crippen LogP contribution in [0.4, 0.5) is 22.4 Å². The molecule has 0 atom stereocenters. The monoisotopic (exact) mass is 413 g/mol. The second kappa shape index (κ2) is 7.27. The number of aromatic nitrogens is 4. The molecule has 0 amide bonds. The Bertz CT molecular complexity index is 1050. The molecule has 0 unspecified atom stereocenters. The molecule has 5 rings (SSSR count).